The molecule has 0 aliphatic heterocycles. The Hall–Kier alpha value is -3.87. The molecule has 7 nitrogen and oxygen atoms in total. The first-order valence-electron chi connectivity index (χ1n) is 9.58. The van der Waals surface area contributed by atoms with Gasteiger partial charge in [-0.25, -0.2) is 4.98 Å². The normalized spacial score (nSPS) is 10.7. The van der Waals surface area contributed by atoms with Crippen LogP contribution in [0.4, 0.5) is 5.69 Å². The first kappa shape index (κ1) is 19.4. The molecule has 0 atom stereocenters. The van der Waals surface area contributed by atoms with Gasteiger partial charge in [-0.2, -0.15) is 4.98 Å². The van der Waals surface area contributed by atoms with Gasteiger partial charge < -0.3 is 19.2 Å². The number of methoxy groups -OCH3 is 1. The predicted octanol–water partition coefficient (Wildman–Crippen LogP) is 4.48. The van der Waals surface area contributed by atoms with Crippen LogP contribution in [0.5, 0.6) is 11.5 Å². The van der Waals surface area contributed by atoms with Crippen LogP contribution in [0.25, 0.3) is 22.7 Å². The maximum atomic E-state index is 12.4. The number of rotatable bonds is 7. The molecule has 7 heteroatoms. The second-order valence-electron chi connectivity index (χ2n) is 6.59. The van der Waals surface area contributed by atoms with E-state index in [9.17, 15) is 4.79 Å². The highest BCUT2D eigenvalue weighted by Crippen LogP contribution is 2.31. The molecule has 1 amide bonds. The van der Waals surface area contributed by atoms with Gasteiger partial charge in [0.05, 0.1) is 12.8 Å². The predicted molar refractivity (Wildman–Crippen MR) is 114 cm³/mol. The number of ether oxygens (including phenoxy) is 2. The van der Waals surface area contributed by atoms with Crippen molar-refractivity contribution >= 4 is 22.8 Å². The Labute approximate surface area is 173 Å². The van der Waals surface area contributed by atoms with Crippen LogP contribution >= 0.6 is 0 Å². The largest absolute Gasteiger partial charge is 0.495 e. The van der Waals surface area contributed by atoms with Crippen molar-refractivity contribution in [1.29, 1.82) is 0 Å². The third kappa shape index (κ3) is 4.25. The van der Waals surface area contributed by atoms with Crippen molar-refractivity contribution in [2.24, 2.45) is 0 Å². The quantitative estimate of drug-likeness (QED) is 0.490. The van der Waals surface area contributed by atoms with Crippen LogP contribution in [0.2, 0.25) is 0 Å². The SMILES string of the molecule is CCc1ccc(OCC(=O)Nc2cc(-c3nc4ncccc4o3)ccc2OC)cc1. The molecular formula is C23H21N3O4. The summed E-state index contributed by atoms with van der Waals surface area (Å²) in [6, 6.07) is 16.6. The Balaban J connectivity index is 1.49. The number of nitrogens with one attached hydrogen (secondary N) is 1. The molecule has 0 saturated heterocycles. The van der Waals surface area contributed by atoms with Gasteiger partial charge in [0.25, 0.3) is 5.91 Å². The zero-order valence-electron chi connectivity index (χ0n) is 16.7. The Morgan fingerprint density at radius 3 is 2.70 bits per heavy atom. The molecule has 0 fully saturated rings. The molecule has 2 aromatic carbocycles. The molecule has 2 aromatic heterocycles. The van der Waals surface area contributed by atoms with Gasteiger partial charge in [-0.1, -0.05) is 19.1 Å². The van der Waals surface area contributed by atoms with E-state index in [-0.39, 0.29) is 12.5 Å². The third-order valence-corrected chi connectivity index (χ3v) is 4.59. The van der Waals surface area contributed by atoms with E-state index < -0.39 is 0 Å². The van der Waals surface area contributed by atoms with Crippen molar-refractivity contribution in [3.8, 4) is 23.0 Å². The van der Waals surface area contributed by atoms with E-state index in [0.29, 0.717) is 39.9 Å². The van der Waals surface area contributed by atoms with E-state index in [2.05, 4.69) is 22.2 Å². The third-order valence-electron chi connectivity index (χ3n) is 4.59. The number of carbonyl (C=O) groups excluding carboxylic acids is 1. The van der Waals surface area contributed by atoms with E-state index in [4.69, 9.17) is 13.9 Å². The Kier molecular flexibility index (Phi) is 5.61. The maximum absolute atomic E-state index is 12.4. The van der Waals surface area contributed by atoms with E-state index in [1.807, 2.05) is 30.3 Å². The molecule has 152 valence electrons. The number of carbonyl (C=O) groups is 1. The van der Waals surface area contributed by atoms with Crippen LogP contribution in [0.15, 0.2) is 65.2 Å². The van der Waals surface area contributed by atoms with Crippen LogP contribution in [0.3, 0.4) is 0 Å². The molecule has 0 radical (unpaired) electrons. The molecule has 0 aliphatic carbocycles. The van der Waals surface area contributed by atoms with E-state index in [1.165, 1.54) is 5.56 Å². The number of hydrogen-bond acceptors (Lipinski definition) is 6. The fourth-order valence-electron chi connectivity index (χ4n) is 2.99. The molecule has 0 bridgehead atoms. The smallest absolute Gasteiger partial charge is 0.262 e. The van der Waals surface area contributed by atoms with Crippen LogP contribution in [-0.4, -0.2) is 29.6 Å². The average molecular weight is 403 g/mol. The van der Waals surface area contributed by atoms with Gasteiger partial charge in [0.1, 0.15) is 11.5 Å². The van der Waals surface area contributed by atoms with Gasteiger partial charge in [-0.05, 0) is 54.4 Å². The lowest BCUT2D eigenvalue weighted by molar-refractivity contribution is -0.118. The zero-order chi connectivity index (χ0) is 20.9. The minimum atomic E-state index is -0.302. The summed E-state index contributed by atoms with van der Waals surface area (Å²) >= 11 is 0. The first-order valence-corrected chi connectivity index (χ1v) is 9.58. The fraction of sp³-hybridized carbons (Fsp3) is 0.174. The molecular weight excluding hydrogens is 382 g/mol. The van der Waals surface area contributed by atoms with Crippen LogP contribution in [0, 0.1) is 0 Å². The summed E-state index contributed by atoms with van der Waals surface area (Å²) in [6.45, 7) is 1.97. The monoisotopic (exact) mass is 403 g/mol. The number of fused-ring (bicyclic) bond motifs is 1. The van der Waals surface area contributed by atoms with Crippen molar-refractivity contribution in [2.75, 3.05) is 19.0 Å². The second kappa shape index (κ2) is 8.65. The maximum Gasteiger partial charge on any atom is 0.262 e. The minimum Gasteiger partial charge on any atom is -0.495 e. The summed E-state index contributed by atoms with van der Waals surface area (Å²) in [7, 11) is 1.54. The molecule has 0 aliphatic rings. The van der Waals surface area contributed by atoms with Crippen molar-refractivity contribution in [1.82, 2.24) is 9.97 Å². The van der Waals surface area contributed by atoms with Gasteiger partial charge in [0.2, 0.25) is 5.89 Å². The number of aryl methyl sites for hydroxylation is 1. The summed E-state index contributed by atoms with van der Waals surface area (Å²) in [5, 5.41) is 2.82. The number of pyridine rings is 1. The van der Waals surface area contributed by atoms with Gasteiger partial charge in [-0.3, -0.25) is 4.79 Å². The topological polar surface area (TPSA) is 86.5 Å². The number of anilines is 1. The average Bonchev–Trinajstić information content (AvgIpc) is 3.22. The van der Waals surface area contributed by atoms with Gasteiger partial charge in [0, 0.05) is 11.8 Å². The van der Waals surface area contributed by atoms with Crippen molar-refractivity contribution < 1.29 is 18.7 Å². The molecule has 1 N–H and O–H groups in total. The van der Waals surface area contributed by atoms with Crippen LogP contribution in [0.1, 0.15) is 12.5 Å². The van der Waals surface area contributed by atoms with Crippen LogP contribution < -0.4 is 14.8 Å². The number of amides is 1. The Bertz CT molecular complexity index is 1140. The highest BCUT2D eigenvalue weighted by atomic mass is 16.5. The van der Waals surface area contributed by atoms with Gasteiger partial charge >= 0.3 is 0 Å². The standard InChI is InChI=1S/C23H21N3O4/c1-3-15-6-9-17(10-7-15)29-14-21(27)25-18-13-16(8-11-19(18)28-2)23-26-22-20(30-23)5-4-12-24-22/h4-13H,3,14H2,1-2H3,(H,25,27). The van der Waals surface area contributed by atoms with Crippen molar-refractivity contribution in [2.45, 2.75) is 13.3 Å². The summed E-state index contributed by atoms with van der Waals surface area (Å²) < 4.78 is 16.7. The number of nitrogens with zero attached hydrogens (tertiary/aromatic N) is 2. The van der Waals surface area contributed by atoms with Gasteiger partial charge in [-0.15, -0.1) is 0 Å². The number of hydrogen-bond donors (Lipinski definition) is 1. The minimum absolute atomic E-state index is 0.119. The second-order valence-corrected chi connectivity index (χ2v) is 6.59. The Morgan fingerprint density at radius 1 is 1.13 bits per heavy atom. The van der Waals surface area contributed by atoms with Crippen molar-refractivity contribution in [3.63, 3.8) is 0 Å². The van der Waals surface area contributed by atoms with Crippen molar-refractivity contribution in [3.05, 3.63) is 66.4 Å². The summed E-state index contributed by atoms with van der Waals surface area (Å²) in [6.07, 6.45) is 2.61. The van der Waals surface area contributed by atoms with E-state index in [0.717, 1.165) is 6.42 Å². The zero-order valence-corrected chi connectivity index (χ0v) is 16.7. The van der Waals surface area contributed by atoms with E-state index in [1.54, 1.807) is 37.6 Å². The van der Waals surface area contributed by atoms with E-state index >= 15 is 0 Å². The summed E-state index contributed by atoms with van der Waals surface area (Å²) in [4.78, 5) is 21.0. The molecule has 0 saturated carbocycles. The molecule has 0 spiro atoms. The summed E-state index contributed by atoms with van der Waals surface area (Å²) in [5.74, 6) is 1.27. The van der Waals surface area contributed by atoms with Crippen LogP contribution in [-0.2, 0) is 11.2 Å². The Morgan fingerprint density at radius 2 is 1.97 bits per heavy atom. The lowest BCUT2D eigenvalue weighted by Gasteiger charge is -2.12. The number of oxazole rings is 1. The highest BCUT2D eigenvalue weighted by Gasteiger charge is 2.14. The first-order chi connectivity index (χ1) is 14.7. The summed E-state index contributed by atoms with van der Waals surface area (Å²) in [5.41, 5.74) is 3.52. The molecule has 4 rings (SSSR count). The molecule has 0 unspecified atom stereocenters. The fourth-order valence-corrected chi connectivity index (χ4v) is 2.99. The lowest BCUT2D eigenvalue weighted by atomic mass is 10.2. The molecule has 30 heavy (non-hydrogen) atoms. The molecule has 4 aromatic rings. The number of benzene rings is 2. The number of aromatic nitrogens is 2. The highest BCUT2D eigenvalue weighted by molar-refractivity contribution is 5.94. The molecule has 2 heterocycles. The van der Waals surface area contributed by atoms with Gasteiger partial charge in [0.15, 0.2) is 17.8 Å². The lowest BCUT2D eigenvalue weighted by Crippen LogP contribution is -2.20.